The number of halogens is 1. The molecular weight excluding hydrogens is 282 g/mol. The summed E-state index contributed by atoms with van der Waals surface area (Å²) in [5.41, 5.74) is 2.16. The average Bonchev–Trinajstić information content (AvgIpc) is 2.46. The van der Waals surface area contributed by atoms with E-state index in [0.717, 1.165) is 35.9 Å². The van der Waals surface area contributed by atoms with Crippen LogP contribution in [0, 0.1) is 5.92 Å². The average molecular weight is 310 g/mol. The molecule has 1 heterocycles. The van der Waals surface area contributed by atoms with Crippen molar-refractivity contribution in [1.29, 1.82) is 0 Å². The van der Waals surface area contributed by atoms with E-state index in [1.807, 2.05) is 6.07 Å². The van der Waals surface area contributed by atoms with Gasteiger partial charge in [0.15, 0.2) is 0 Å². The van der Waals surface area contributed by atoms with E-state index in [4.69, 9.17) is 21.3 Å². The molecule has 0 N–H and O–H groups in total. The standard InChI is InChI=1S/C18H28ClNO/c1-5-13-7-6-8-15(9-13)21-17-11-14(12-19)10-16(20-17)18(2,3)4/h10-11,13,15H,5-9,12H2,1-4H3. The maximum Gasteiger partial charge on any atom is 0.214 e. The van der Waals surface area contributed by atoms with Crippen molar-refractivity contribution in [3.63, 3.8) is 0 Å². The van der Waals surface area contributed by atoms with Crippen LogP contribution in [0.2, 0.25) is 0 Å². The lowest BCUT2D eigenvalue weighted by atomic mass is 9.85. The highest BCUT2D eigenvalue weighted by molar-refractivity contribution is 6.17. The van der Waals surface area contributed by atoms with Crippen LogP contribution in [0.4, 0.5) is 0 Å². The molecule has 0 aromatic carbocycles. The lowest BCUT2D eigenvalue weighted by Gasteiger charge is -2.29. The molecule has 0 aliphatic heterocycles. The van der Waals surface area contributed by atoms with Gasteiger partial charge in [0.2, 0.25) is 5.88 Å². The van der Waals surface area contributed by atoms with Crippen LogP contribution in [0.25, 0.3) is 0 Å². The fourth-order valence-corrected chi connectivity index (χ4v) is 3.13. The molecule has 2 nitrogen and oxygen atoms in total. The summed E-state index contributed by atoms with van der Waals surface area (Å²) in [4.78, 5) is 4.72. The van der Waals surface area contributed by atoms with Gasteiger partial charge in [-0.3, -0.25) is 0 Å². The summed E-state index contributed by atoms with van der Waals surface area (Å²) in [7, 11) is 0. The molecule has 2 rings (SSSR count). The zero-order chi connectivity index (χ0) is 15.5. The first kappa shape index (κ1) is 16.6. The molecule has 1 aromatic heterocycles. The topological polar surface area (TPSA) is 22.1 Å². The summed E-state index contributed by atoms with van der Waals surface area (Å²) in [5, 5.41) is 0. The molecule has 2 unspecified atom stereocenters. The van der Waals surface area contributed by atoms with Gasteiger partial charge in [0, 0.05) is 17.4 Å². The van der Waals surface area contributed by atoms with Gasteiger partial charge in [-0.1, -0.05) is 40.5 Å². The second kappa shape index (κ2) is 7.00. The predicted octanol–water partition coefficient (Wildman–Crippen LogP) is 5.47. The highest BCUT2D eigenvalue weighted by atomic mass is 35.5. The van der Waals surface area contributed by atoms with E-state index in [0.29, 0.717) is 12.0 Å². The molecule has 1 aliphatic rings. The van der Waals surface area contributed by atoms with Gasteiger partial charge in [-0.2, -0.15) is 0 Å². The maximum absolute atomic E-state index is 6.20. The summed E-state index contributed by atoms with van der Waals surface area (Å²) in [5.74, 6) is 2.06. The Hall–Kier alpha value is -0.760. The second-order valence-electron chi connectivity index (χ2n) is 7.26. The lowest BCUT2D eigenvalue weighted by Crippen LogP contribution is -2.26. The van der Waals surface area contributed by atoms with E-state index in [1.54, 1.807) is 0 Å². The van der Waals surface area contributed by atoms with Gasteiger partial charge in [-0.25, -0.2) is 4.98 Å². The number of hydrogen-bond donors (Lipinski definition) is 0. The summed E-state index contributed by atoms with van der Waals surface area (Å²) >= 11 is 6.03. The van der Waals surface area contributed by atoms with Crippen LogP contribution in [0.1, 0.15) is 71.1 Å². The van der Waals surface area contributed by atoms with Crippen molar-refractivity contribution in [2.45, 2.75) is 77.2 Å². The first-order valence-corrected chi connectivity index (χ1v) is 8.70. The predicted molar refractivity (Wildman–Crippen MR) is 89.2 cm³/mol. The van der Waals surface area contributed by atoms with Crippen LogP contribution in [0.15, 0.2) is 12.1 Å². The van der Waals surface area contributed by atoms with E-state index in [2.05, 4.69) is 33.8 Å². The summed E-state index contributed by atoms with van der Waals surface area (Å²) in [6.45, 7) is 8.79. The molecule has 0 radical (unpaired) electrons. The Morgan fingerprint density at radius 2 is 2.05 bits per heavy atom. The molecule has 21 heavy (non-hydrogen) atoms. The Kier molecular flexibility index (Phi) is 5.54. The minimum atomic E-state index is 0.0126. The van der Waals surface area contributed by atoms with Crippen LogP contribution in [-0.2, 0) is 11.3 Å². The smallest absolute Gasteiger partial charge is 0.214 e. The second-order valence-corrected chi connectivity index (χ2v) is 7.53. The van der Waals surface area contributed by atoms with E-state index >= 15 is 0 Å². The zero-order valence-electron chi connectivity index (χ0n) is 13.8. The molecule has 0 amide bonds. The molecular formula is C18H28ClNO. The lowest BCUT2D eigenvalue weighted by molar-refractivity contribution is 0.116. The van der Waals surface area contributed by atoms with Gasteiger partial charge in [0.1, 0.15) is 6.10 Å². The van der Waals surface area contributed by atoms with Crippen LogP contribution in [-0.4, -0.2) is 11.1 Å². The monoisotopic (exact) mass is 309 g/mol. The number of rotatable bonds is 4. The normalized spacial score (nSPS) is 23.1. The van der Waals surface area contributed by atoms with Crippen molar-refractivity contribution in [1.82, 2.24) is 4.98 Å². The molecule has 118 valence electrons. The van der Waals surface area contributed by atoms with E-state index in [1.165, 1.54) is 19.3 Å². The van der Waals surface area contributed by atoms with Gasteiger partial charge in [-0.15, -0.1) is 11.6 Å². The van der Waals surface area contributed by atoms with Gasteiger partial charge in [0.05, 0.1) is 5.69 Å². The molecule has 1 fully saturated rings. The molecule has 1 aliphatic carbocycles. The number of hydrogen-bond acceptors (Lipinski definition) is 2. The Balaban J connectivity index is 2.15. The minimum Gasteiger partial charge on any atom is -0.474 e. The van der Waals surface area contributed by atoms with Crippen molar-refractivity contribution in [3.8, 4) is 5.88 Å². The van der Waals surface area contributed by atoms with Gasteiger partial charge in [-0.05, 0) is 36.8 Å². The zero-order valence-corrected chi connectivity index (χ0v) is 14.5. The molecule has 1 aromatic rings. The van der Waals surface area contributed by atoms with Crippen molar-refractivity contribution in [2.24, 2.45) is 5.92 Å². The Morgan fingerprint density at radius 3 is 2.67 bits per heavy atom. The highest BCUT2D eigenvalue weighted by Gasteiger charge is 2.23. The summed E-state index contributed by atoms with van der Waals surface area (Å²) < 4.78 is 6.20. The van der Waals surface area contributed by atoms with Gasteiger partial charge in [0.25, 0.3) is 0 Å². The molecule has 0 spiro atoms. The number of ether oxygens (including phenoxy) is 1. The Morgan fingerprint density at radius 1 is 1.29 bits per heavy atom. The third kappa shape index (κ3) is 4.60. The number of pyridine rings is 1. The quantitative estimate of drug-likeness (QED) is 0.688. The third-order valence-corrected chi connectivity index (χ3v) is 4.69. The SMILES string of the molecule is CCC1CCCC(Oc2cc(CCl)cc(C(C)(C)C)n2)C1. The summed E-state index contributed by atoms with van der Waals surface area (Å²) in [6.07, 6.45) is 6.49. The van der Waals surface area contributed by atoms with Crippen LogP contribution < -0.4 is 4.74 Å². The number of aromatic nitrogens is 1. The van der Waals surface area contributed by atoms with Crippen LogP contribution in [0.5, 0.6) is 5.88 Å². The van der Waals surface area contributed by atoms with Crippen LogP contribution in [0.3, 0.4) is 0 Å². The molecule has 2 atom stereocenters. The van der Waals surface area contributed by atoms with Crippen molar-refractivity contribution >= 4 is 11.6 Å². The first-order chi connectivity index (χ1) is 9.92. The fourth-order valence-electron chi connectivity index (χ4n) is 2.97. The first-order valence-electron chi connectivity index (χ1n) is 8.16. The van der Waals surface area contributed by atoms with Crippen molar-refractivity contribution < 1.29 is 4.74 Å². The van der Waals surface area contributed by atoms with E-state index in [9.17, 15) is 0 Å². The van der Waals surface area contributed by atoms with E-state index < -0.39 is 0 Å². The minimum absolute atomic E-state index is 0.0126. The van der Waals surface area contributed by atoms with E-state index in [-0.39, 0.29) is 5.41 Å². The maximum atomic E-state index is 6.20. The van der Waals surface area contributed by atoms with Crippen molar-refractivity contribution in [2.75, 3.05) is 0 Å². The number of nitrogens with zero attached hydrogens (tertiary/aromatic N) is 1. The molecule has 3 heteroatoms. The molecule has 0 bridgehead atoms. The van der Waals surface area contributed by atoms with Gasteiger partial charge >= 0.3 is 0 Å². The Bertz CT molecular complexity index is 467. The highest BCUT2D eigenvalue weighted by Crippen LogP contribution is 2.31. The molecule has 0 saturated heterocycles. The fraction of sp³-hybridized carbons (Fsp3) is 0.722. The summed E-state index contributed by atoms with van der Waals surface area (Å²) in [6, 6.07) is 4.09. The number of alkyl halides is 1. The van der Waals surface area contributed by atoms with Crippen LogP contribution >= 0.6 is 11.6 Å². The van der Waals surface area contributed by atoms with Crippen molar-refractivity contribution in [3.05, 3.63) is 23.4 Å². The van der Waals surface area contributed by atoms with Gasteiger partial charge < -0.3 is 4.74 Å². The third-order valence-electron chi connectivity index (χ3n) is 4.38. The molecule has 1 saturated carbocycles. The largest absolute Gasteiger partial charge is 0.474 e. The Labute approximate surface area is 134 Å².